The van der Waals surface area contributed by atoms with Crippen LogP contribution >= 0.6 is 0 Å². The Morgan fingerprint density at radius 1 is 1.47 bits per heavy atom. The van der Waals surface area contributed by atoms with E-state index in [1.54, 1.807) is 0 Å². The lowest BCUT2D eigenvalue weighted by molar-refractivity contribution is 0.242. The van der Waals surface area contributed by atoms with Crippen molar-refractivity contribution in [1.82, 2.24) is 4.98 Å². The fraction of sp³-hybridized carbons (Fsp3) is 0.583. The van der Waals surface area contributed by atoms with Crippen molar-refractivity contribution in [3.63, 3.8) is 0 Å². The molecule has 15 heavy (non-hydrogen) atoms. The molecule has 1 atom stereocenters. The molecule has 0 saturated carbocycles. The number of hydrogen-bond acceptors (Lipinski definition) is 3. The molecule has 0 amide bonds. The zero-order chi connectivity index (χ0) is 11.1. The Bertz CT molecular complexity index is 289. The molecule has 0 aliphatic rings. The Morgan fingerprint density at radius 2 is 2.27 bits per heavy atom. The fourth-order valence-corrected chi connectivity index (χ4v) is 1.46. The molecule has 1 heterocycles. The summed E-state index contributed by atoms with van der Waals surface area (Å²) in [5, 5.41) is 0. The van der Waals surface area contributed by atoms with Crippen molar-refractivity contribution in [2.45, 2.75) is 33.2 Å². The largest absolute Gasteiger partial charge is 0.477 e. The zero-order valence-electron chi connectivity index (χ0n) is 9.57. The van der Waals surface area contributed by atoms with E-state index in [9.17, 15) is 0 Å². The lowest BCUT2D eigenvalue weighted by atomic mass is 10.1. The van der Waals surface area contributed by atoms with Gasteiger partial charge in [0.15, 0.2) is 0 Å². The smallest absolute Gasteiger partial charge is 0.213 e. The third-order valence-electron chi connectivity index (χ3n) is 2.29. The van der Waals surface area contributed by atoms with Gasteiger partial charge in [0.2, 0.25) is 5.88 Å². The maximum atomic E-state index is 5.60. The standard InChI is InChI=1S/C12H20N2O/c1-3-5-10(2)9-15-12-7-4-6-11(8-13)14-12/h4,6-7,10H,3,5,8-9,13H2,1-2H3. The number of pyridine rings is 1. The van der Waals surface area contributed by atoms with Crippen LogP contribution in [0.2, 0.25) is 0 Å². The van der Waals surface area contributed by atoms with E-state index in [0.717, 1.165) is 12.3 Å². The van der Waals surface area contributed by atoms with Gasteiger partial charge in [0.1, 0.15) is 0 Å². The third kappa shape index (κ3) is 4.30. The van der Waals surface area contributed by atoms with Crippen LogP contribution < -0.4 is 10.5 Å². The van der Waals surface area contributed by atoms with E-state index in [4.69, 9.17) is 10.5 Å². The van der Waals surface area contributed by atoms with E-state index in [-0.39, 0.29) is 0 Å². The topological polar surface area (TPSA) is 48.1 Å². The molecule has 0 aromatic carbocycles. The van der Waals surface area contributed by atoms with Crippen LogP contribution in [0.4, 0.5) is 0 Å². The van der Waals surface area contributed by atoms with Gasteiger partial charge in [-0.1, -0.05) is 26.3 Å². The number of nitrogens with two attached hydrogens (primary N) is 1. The lowest BCUT2D eigenvalue weighted by Crippen LogP contribution is -2.10. The molecule has 0 fully saturated rings. The molecular weight excluding hydrogens is 188 g/mol. The predicted molar refractivity (Wildman–Crippen MR) is 61.7 cm³/mol. The van der Waals surface area contributed by atoms with Gasteiger partial charge in [0.05, 0.1) is 12.3 Å². The van der Waals surface area contributed by atoms with Gasteiger partial charge < -0.3 is 10.5 Å². The lowest BCUT2D eigenvalue weighted by Gasteiger charge is -2.11. The van der Waals surface area contributed by atoms with Crippen molar-refractivity contribution < 1.29 is 4.74 Å². The molecule has 84 valence electrons. The number of rotatable bonds is 6. The highest BCUT2D eigenvalue weighted by molar-refractivity contribution is 5.15. The average Bonchev–Trinajstić information content (AvgIpc) is 2.27. The molecule has 1 aromatic heterocycles. The van der Waals surface area contributed by atoms with Crippen LogP contribution in [0.25, 0.3) is 0 Å². The Kier molecular flexibility index (Phi) is 5.12. The van der Waals surface area contributed by atoms with E-state index in [2.05, 4.69) is 18.8 Å². The van der Waals surface area contributed by atoms with Crippen molar-refractivity contribution in [2.75, 3.05) is 6.61 Å². The van der Waals surface area contributed by atoms with Gasteiger partial charge in [-0.05, 0) is 18.4 Å². The van der Waals surface area contributed by atoms with Crippen LogP contribution in [0.1, 0.15) is 32.4 Å². The molecule has 0 spiro atoms. The summed E-state index contributed by atoms with van der Waals surface area (Å²) in [4.78, 5) is 4.28. The summed E-state index contributed by atoms with van der Waals surface area (Å²) < 4.78 is 5.60. The maximum Gasteiger partial charge on any atom is 0.213 e. The molecule has 0 aliphatic heterocycles. The second kappa shape index (κ2) is 6.40. The zero-order valence-corrected chi connectivity index (χ0v) is 9.57. The second-order valence-corrected chi connectivity index (χ2v) is 3.88. The van der Waals surface area contributed by atoms with Gasteiger partial charge in [-0.3, -0.25) is 0 Å². The highest BCUT2D eigenvalue weighted by Gasteiger charge is 2.03. The molecule has 0 radical (unpaired) electrons. The monoisotopic (exact) mass is 208 g/mol. The van der Waals surface area contributed by atoms with Crippen LogP contribution in [0, 0.1) is 5.92 Å². The van der Waals surface area contributed by atoms with Crippen molar-refractivity contribution in [2.24, 2.45) is 11.7 Å². The summed E-state index contributed by atoms with van der Waals surface area (Å²) in [7, 11) is 0. The molecule has 0 saturated heterocycles. The first-order valence-electron chi connectivity index (χ1n) is 5.55. The van der Waals surface area contributed by atoms with Gasteiger partial charge in [-0.25, -0.2) is 4.98 Å². The van der Waals surface area contributed by atoms with Gasteiger partial charge >= 0.3 is 0 Å². The van der Waals surface area contributed by atoms with Crippen molar-refractivity contribution in [3.05, 3.63) is 23.9 Å². The Morgan fingerprint density at radius 3 is 2.93 bits per heavy atom. The first kappa shape index (κ1) is 12.0. The van der Waals surface area contributed by atoms with Gasteiger partial charge in [0, 0.05) is 12.6 Å². The Hall–Kier alpha value is -1.09. The average molecular weight is 208 g/mol. The molecule has 3 nitrogen and oxygen atoms in total. The molecule has 0 bridgehead atoms. The highest BCUT2D eigenvalue weighted by atomic mass is 16.5. The van der Waals surface area contributed by atoms with Crippen molar-refractivity contribution >= 4 is 0 Å². The van der Waals surface area contributed by atoms with Gasteiger partial charge in [-0.15, -0.1) is 0 Å². The molecule has 1 aromatic rings. The third-order valence-corrected chi connectivity index (χ3v) is 2.29. The predicted octanol–water partition coefficient (Wildman–Crippen LogP) is 2.36. The number of nitrogens with zero attached hydrogens (tertiary/aromatic N) is 1. The van der Waals surface area contributed by atoms with Crippen LogP contribution in [0.15, 0.2) is 18.2 Å². The summed E-state index contributed by atoms with van der Waals surface area (Å²) in [5.41, 5.74) is 6.38. The van der Waals surface area contributed by atoms with E-state index >= 15 is 0 Å². The summed E-state index contributed by atoms with van der Waals surface area (Å²) in [6.45, 7) is 5.57. The molecule has 1 rings (SSSR count). The normalized spacial score (nSPS) is 12.5. The minimum absolute atomic E-state index is 0.460. The summed E-state index contributed by atoms with van der Waals surface area (Å²) in [6.07, 6.45) is 2.39. The van der Waals surface area contributed by atoms with E-state index in [0.29, 0.717) is 18.3 Å². The quantitative estimate of drug-likeness (QED) is 0.780. The second-order valence-electron chi connectivity index (χ2n) is 3.88. The van der Waals surface area contributed by atoms with Crippen LogP contribution in [-0.4, -0.2) is 11.6 Å². The summed E-state index contributed by atoms with van der Waals surface area (Å²) >= 11 is 0. The summed E-state index contributed by atoms with van der Waals surface area (Å²) in [6, 6.07) is 5.70. The van der Waals surface area contributed by atoms with Crippen molar-refractivity contribution in [3.8, 4) is 5.88 Å². The molecular formula is C12H20N2O. The Balaban J connectivity index is 2.43. The van der Waals surface area contributed by atoms with Crippen LogP contribution in [0.5, 0.6) is 5.88 Å². The number of ether oxygens (including phenoxy) is 1. The van der Waals surface area contributed by atoms with Gasteiger partial charge in [-0.2, -0.15) is 0 Å². The molecule has 1 unspecified atom stereocenters. The summed E-state index contributed by atoms with van der Waals surface area (Å²) in [5.74, 6) is 1.26. The van der Waals surface area contributed by atoms with Gasteiger partial charge in [0.25, 0.3) is 0 Å². The van der Waals surface area contributed by atoms with Crippen LogP contribution in [-0.2, 0) is 6.54 Å². The fourth-order valence-electron chi connectivity index (χ4n) is 1.46. The first-order chi connectivity index (χ1) is 7.26. The Labute approximate surface area is 91.7 Å². The van der Waals surface area contributed by atoms with Crippen molar-refractivity contribution in [1.29, 1.82) is 0 Å². The SMILES string of the molecule is CCCC(C)COc1cccc(CN)n1. The van der Waals surface area contributed by atoms with E-state index < -0.39 is 0 Å². The van der Waals surface area contributed by atoms with E-state index in [1.807, 2.05) is 18.2 Å². The number of hydrogen-bond donors (Lipinski definition) is 1. The van der Waals surface area contributed by atoms with Crippen LogP contribution in [0.3, 0.4) is 0 Å². The molecule has 0 aliphatic carbocycles. The first-order valence-corrected chi connectivity index (χ1v) is 5.55. The minimum Gasteiger partial charge on any atom is -0.477 e. The van der Waals surface area contributed by atoms with E-state index in [1.165, 1.54) is 12.8 Å². The maximum absolute atomic E-state index is 5.60. The highest BCUT2D eigenvalue weighted by Crippen LogP contribution is 2.11. The molecule has 2 N–H and O–H groups in total. The molecule has 3 heteroatoms. The number of aromatic nitrogens is 1. The minimum atomic E-state index is 0.460.